The van der Waals surface area contributed by atoms with Crippen molar-refractivity contribution in [3.63, 3.8) is 0 Å². The van der Waals surface area contributed by atoms with Gasteiger partial charge in [-0.3, -0.25) is 14.9 Å². The fourth-order valence-corrected chi connectivity index (χ4v) is 3.61. The van der Waals surface area contributed by atoms with Crippen molar-refractivity contribution >= 4 is 58.2 Å². The smallest absolute Gasteiger partial charge is 0.271 e. The summed E-state index contributed by atoms with van der Waals surface area (Å²) in [5.74, 6) is -0.0455. The van der Waals surface area contributed by atoms with Gasteiger partial charge in [-0.1, -0.05) is 46.9 Å². The number of nitrogens with zero attached hydrogens (tertiary/aromatic N) is 2. The molecule has 0 spiro atoms. The Balaban J connectivity index is 1.81. The Morgan fingerprint density at radius 2 is 1.80 bits per heavy atom. The zero-order chi connectivity index (χ0) is 25.5. The van der Waals surface area contributed by atoms with Crippen molar-refractivity contribution in [1.29, 1.82) is 5.26 Å². The van der Waals surface area contributed by atoms with E-state index in [1.165, 1.54) is 25.3 Å². The van der Waals surface area contributed by atoms with Crippen LogP contribution >= 0.6 is 34.8 Å². The summed E-state index contributed by atoms with van der Waals surface area (Å²) in [7, 11) is 1.44. The van der Waals surface area contributed by atoms with Crippen LogP contribution in [0.4, 0.5) is 11.4 Å². The molecule has 0 heterocycles. The number of halogens is 3. The van der Waals surface area contributed by atoms with Gasteiger partial charge in [-0.2, -0.15) is 5.26 Å². The zero-order valence-corrected chi connectivity index (χ0v) is 20.3. The third kappa shape index (κ3) is 6.43. The zero-order valence-electron chi connectivity index (χ0n) is 18.1. The van der Waals surface area contributed by atoms with Gasteiger partial charge in [0, 0.05) is 27.7 Å². The predicted octanol–water partition coefficient (Wildman–Crippen LogP) is 6.69. The number of nitriles is 1. The lowest BCUT2D eigenvalue weighted by Crippen LogP contribution is -2.14. The number of amides is 1. The second-order valence-electron chi connectivity index (χ2n) is 6.94. The van der Waals surface area contributed by atoms with Gasteiger partial charge in [0.2, 0.25) is 0 Å². The minimum Gasteiger partial charge on any atom is -0.493 e. The average molecular weight is 533 g/mol. The van der Waals surface area contributed by atoms with Crippen LogP contribution in [0.2, 0.25) is 15.1 Å². The third-order valence-electron chi connectivity index (χ3n) is 4.71. The lowest BCUT2D eigenvalue weighted by molar-refractivity contribution is -0.384. The number of anilines is 1. The molecule has 0 saturated heterocycles. The Bertz CT molecular complexity index is 1350. The van der Waals surface area contributed by atoms with Gasteiger partial charge in [0.25, 0.3) is 11.6 Å². The van der Waals surface area contributed by atoms with E-state index in [0.29, 0.717) is 32.7 Å². The number of hydrogen-bond donors (Lipinski definition) is 1. The van der Waals surface area contributed by atoms with Crippen molar-refractivity contribution in [1.82, 2.24) is 0 Å². The van der Waals surface area contributed by atoms with Gasteiger partial charge in [-0.25, -0.2) is 0 Å². The maximum Gasteiger partial charge on any atom is 0.271 e. The van der Waals surface area contributed by atoms with E-state index in [0.717, 1.165) is 6.07 Å². The summed E-state index contributed by atoms with van der Waals surface area (Å²) in [5.41, 5.74) is 0.579. The Kier molecular flexibility index (Phi) is 8.55. The van der Waals surface area contributed by atoms with Gasteiger partial charge < -0.3 is 14.8 Å². The van der Waals surface area contributed by atoms with Gasteiger partial charge >= 0.3 is 0 Å². The molecule has 0 atom stereocenters. The summed E-state index contributed by atoms with van der Waals surface area (Å²) in [6.45, 7) is 0.0971. The molecule has 0 aliphatic heterocycles. The average Bonchev–Trinajstić information content (AvgIpc) is 2.83. The molecule has 0 bridgehead atoms. The Morgan fingerprint density at radius 1 is 1.09 bits per heavy atom. The first-order valence-corrected chi connectivity index (χ1v) is 11.0. The number of carbonyl (C=O) groups excluding carboxylic acids is 1. The number of nitro groups is 1. The van der Waals surface area contributed by atoms with E-state index in [9.17, 15) is 20.2 Å². The van der Waals surface area contributed by atoms with E-state index in [2.05, 4.69) is 5.32 Å². The third-order valence-corrected chi connectivity index (χ3v) is 5.74. The van der Waals surface area contributed by atoms with Gasteiger partial charge in [0.1, 0.15) is 18.2 Å². The molecule has 0 aromatic heterocycles. The van der Waals surface area contributed by atoms with Crippen LogP contribution in [0.5, 0.6) is 11.5 Å². The van der Waals surface area contributed by atoms with Crippen LogP contribution in [-0.4, -0.2) is 17.9 Å². The van der Waals surface area contributed by atoms with Crippen LogP contribution in [0.25, 0.3) is 6.08 Å². The molecule has 1 N–H and O–H groups in total. The summed E-state index contributed by atoms with van der Waals surface area (Å²) in [6.07, 6.45) is 1.33. The molecule has 0 radical (unpaired) electrons. The van der Waals surface area contributed by atoms with Crippen LogP contribution in [0.1, 0.15) is 11.1 Å². The van der Waals surface area contributed by atoms with Crippen molar-refractivity contribution < 1.29 is 19.2 Å². The molecular formula is C24H16Cl3N3O5. The van der Waals surface area contributed by atoms with Crippen molar-refractivity contribution in [3.8, 4) is 17.6 Å². The van der Waals surface area contributed by atoms with Crippen LogP contribution < -0.4 is 14.8 Å². The van der Waals surface area contributed by atoms with Crippen LogP contribution in [0, 0.1) is 21.4 Å². The van der Waals surface area contributed by atoms with Crippen LogP contribution in [0.15, 0.2) is 60.2 Å². The number of rotatable bonds is 8. The number of ether oxygens (including phenoxy) is 2. The minimum atomic E-state index is -0.789. The maximum absolute atomic E-state index is 12.6. The number of nitro benzene ring substituents is 1. The van der Waals surface area contributed by atoms with Crippen LogP contribution in [0.3, 0.4) is 0 Å². The Hall–Kier alpha value is -3.77. The Morgan fingerprint density at radius 3 is 2.43 bits per heavy atom. The molecule has 178 valence electrons. The normalized spacial score (nSPS) is 10.9. The number of hydrogen-bond acceptors (Lipinski definition) is 6. The topological polar surface area (TPSA) is 114 Å². The van der Waals surface area contributed by atoms with Crippen molar-refractivity contribution in [2.75, 3.05) is 12.4 Å². The van der Waals surface area contributed by atoms with Gasteiger partial charge in [0.05, 0.1) is 22.7 Å². The number of methoxy groups -OCH3 is 1. The molecule has 1 amide bonds. The number of nitrogens with one attached hydrogen (secondary N) is 1. The van der Waals surface area contributed by atoms with Gasteiger partial charge in [-0.05, 0) is 42.0 Å². The quantitative estimate of drug-likeness (QED) is 0.150. The molecule has 11 heteroatoms. The van der Waals surface area contributed by atoms with E-state index in [4.69, 9.17) is 44.3 Å². The summed E-state index contributed by atoms with van der Waals surface area (Å²) in [6, 6.07) is 15.3. The minimum absolute atomic E-state index is 0.00609. The molecule has 3 rings (SSSR count). The van der Waals surface area contributed by atoms with Gasteiger partial charge in [-0.15, -0.1) is 0 Å². The summed E-state index contributed by atoms with van der Waals surface area (Å²) >= 11 is 18.4. The highest BCUT2D eigenvalue weighted by atomic mass is 35.5. The molecule has 35 heavy (non-hydrogen) atoms. The monoisotopic (exact) mass is 531 g/mol. The Labute approximate surface area is 215 Å². The molecule has 0 aliphatic carbocycles. The molecule has 0 fully saturated rings. The van der Waals surface area contributed by atoms with Crippen molar-refractivity contribution in [2.45, 2.75) is 6.61 Å². The number of benzene rings is 3. The summed E-state index contributed by atoms with van der Waals surface area (Å²) < 4.78 is 11.2. The first-order chi connectivity index (χ1) is 16.7. The molecule has 0 unspecified atom stereocenters. The van der Waals surface area contributed by atoms with E-state index in [1.807, 2.05) is 6.07 Å². The SMILES string of the molecule is COc1cc(/C=C(\C#N)C(=O)Nc2cc([N+](=O)[O-])ccc2Cl)ccc1OCc1c(Cl)cccc1Cl. The maximum atomic E-state index is 12.6. The molecule has 0 aliphatic rings. The van der Waals surface area contributed by atoms with E-state index in [1.54, 1.807) is 36.4 Å². The summed E-state index contributed by atoms with van der Waals surface area (Å²) in [5, 5.41) is 23.9. The lowest BCUT2D eigenvalue weighted by atomic mass is 10.1. The predicted molar refractivity (Wildman–Crippen MR) is 134 cm³/mol. The molecule has 3 aromatic carbocycles. The second kappa shape index (κ2) is 11.6. The lowest BCUT2D eigenvalue weighted by Gasteiger charge is -2.13. The van der Waals surface area contributed by atoms with E-state index >= 15 is 0 Å². The largest absolute Gasteiger partial charge is 0.493 e. The first kappa shape index (κ1) is 25.8. The fourth-order valence-electron chi connectivity index (χ4n) is 2.94. The fraction of sp³-hybridized carbons (Fsp3) is 0.0833. The summed E-state index contributed by atoms with van der Waals surface area (Å²) in [4.78, 5) is 23.0. The van der Waals surface area contributed by atoms with Crippen LogP contribution in [-0.2, 0) is 11.4 Å². The highest BCUT2D eigenvalue weighted by Gasteiger charge is 2.16. The van der Waals surface area contributed by atoms with E-state index < -0.39 is 10.8 Å². The highest BCUT2D eigenvalue weighted by Crippen LogP contribution is 2.32. The highest BCUT2D eigenvalue weighted by molar-refractivity contribution is 6.36. The second-order valence-corrected chi connectivity index (χ2v) is 8.17. The number of carbonyl (C=O) groups is 1. The van der Waals surface area contributed by atoms with Crippen molar-refractivity contribution in [2.24, 2.45) is 0 Å². The van der Waals surface area contributed by atoms with Gasteiger partial charge in [0.15, 0.2) is 11.5 Å². The standard InChI is InChI=1S/C24H16Cl3N3O5/c1-34-23-10-14(5-8-22(23)35-13-17-18(25)3-2-4-19(17)26)9-15(12-28)24(31)29-21-11-16(30(32)33)6-7-20(21)27/h2-11H,13H2,1H3,(H,29,31)/b15-9+. The van der Waals surface area contributed by atoms with E-state index in [-0.39, 0.29) is 28.6 Å². The molecule has 8 nitrogen and oxygen atoms in total. The van der Waals surface area contributed by atoms with Crippen molar-refractivity contribution in [3.05, 3.63) is 96.5 Å². The molecular weight excluding hydrogens is 517 g/mol. The molecule has 3 aromatic rings. The number of non-ortho nitro benzene ring substituents is 1. The first-order valence-electron chi connectivity index (χ1n) is 9.84. The molecule has 0 saturated carbocycles.